The molecule has 1 aromatic carbocycles. The first kappa shape index (κ1) is 17.5. The number of carbonyl (C=O) groups is 2. The lowest BCUT2D eigenvalue weighted by molar-refractivity contribution is -0.130. The van der Waals surface area contributed by atoms with E-state index < -0.39 is 0 Å². The average molecular weight is 381 g/mol. The summed E-state index contributed by atoms with van der Waals surface area (Å²) >= 11 is 1.38. The summed E-state index contributed by atoms with van der Waals surface area (Å²) in [6, 6.07) is 9.88. The van der Waals surface area contributed by atoms with Gasteiger partial charge in [0.15, 0.2) is 5.17 Å². The second kappa shape index (κ2) is 7.40. The van der Waals surface area contributed by atoms with Crippen molar-refractivity contribution in [2.75, 3.05) is 26.2 Å². The number of H-pyrrole nitrogens is 1. The molecule has 8 heteroatoms. The van der Waals surface area contributed by atoms with E-state index in [1.807, 2.05) is 41.3 Å². The lowest BCUT2D eigenvalue weighted by Gasteiger charge is -2.34. The van der Waals surface area contributed by atoms with E-state index in [1.54, 1.807) is 13.1 Å². The van der Waals surface area contributed by atoms with Gasteiger partial charge in [-0.25, -0.2) is 0 Å². The highest BCUT2D eigenvalue weighted by molar-refractivity contribution is 8.18. The van der Waals surface area contributed by atoms with Gasteiger partial charge in [0.05, 0.1) is 16.8 Å². The van der Waals surface area contributed by atoms with Gasteiger partial charge in [-0.1, -0.05) is 30.3 Å². The smallest absolute Gasteiger partial charge is 0.286 e. The summed E-state index contributed by atoms with van der Waals surface area (Å²) < 4.78 is 0. The number of aromatic nitrogens is 2. The highest BCUT2D eigenvalue weighted by atomic mass is 32.2. The molecule has 4 rings (SSSR count). The van der Waals surface area contributed by atoms with Crippen molar-refractivity contribution in [3.8, 4) is 11.3 Å². The number of piperazine rings is 1. The van der Waals surface area contributed by atoms with Gasteiger partial charge in [-0.05, 0) is 17.8 Å². The Bertz CT molecular complexity index is 927. The minimum absolute atomic E-state index is 0.0840. The first-order chi connectivity index (χ1) is 13.1. The summed E-state index contributed by atoms with van der Waals surface area (Å²) in [5.74, 6) is -0.148. The Labute approximate surface area is 161 Å². The van der Waals surface area contributed by atoms with Crippen molar-refractivity contribution in [3.05, 3.63) is 47.0 Å². The zero-order valence-electron chi connectivity index (χ0n) is 14.9. The highest BCUT2D eigenvalue weighted by Crippen LogP contribution is 2.32. The maximum Gasteiger partial charge on any atom is 0.286 e. The monoisotopic (exact) mass is 381 g/mol. The Morgan fingerprint density at radius 3 is 2.63 bits per heavy atom. The van der Waals surface area contributed by atoms with E-state index in [4.69, 9.17) is 0 Å². The normalized spacial score (nSPS) is 18.9. The third-order valence-electron chi connectivity index (χ3n) is 4.62. The number of amidine groups is 1. The summed E-state index contributed by atoms with van der Waals surface area (Å²) in [7, 11) is 0. The van der Waals surface area contributed by atoms with E-state index in [9.17, 15) is 9.59 Å². The third-order valence-corrected chi connectivity index (χ3v) is 5.67. The highest BCUT2D eigenvalue weighted by Gasteiger charge is 2.29. The Kier molecular flexibility index (Phi) is 4.81. The van der Waals surface area contributed by atoms with Crippen LogP contribution in [0.15, 0.2) is 46.4 Å². The number of rotatable bonds is 2. The first-order valence-electron chi connectivity index (χ1n) is 8.73. The van der Waals surface area contributed by atoms with Crippen LogP contribution in [0.25, 0.3) is 17.3 Å². The largest absolute Gasteiger partial charge is 0.347 e. The van der Waals surface area contributed by atoms with Gasteiger partial charge in [0.1, 0.15) is 0 Å². The molecule has 2 aromatic rings. The quantitative estimate of drug-likeness (QED) is 0.807. The molecular formula is C19H19N5O2S. The van der Waals surface area contributed by atoms with Gasteiger partial charge in [-0.3, -0.25) is 14.7 Å². The topological polar surface area (TPSA) is 81.7 Å². The van der Waals surface area contributed by atoms with Crippen molar-refractivity contribution < 1.29 is 9.59 Å². The number of hydrogen-bond acceptors (Lipinski definition) is 5. The second-order valence-electron chi connectivity index (χ2n) is 6.37. The number of thioether (sulfide) groups is 1. The third kappa shape index (κ3) is 3.66. The predicted molar refractivity (Wildman–Crippen MR) is 106 cm³/mol. The molecule has 0 aliphatic carbocycles. The Hall–Kier alpha value is -2.87. The molecule has 3 heterocycles. The first-order valence-corrected chi connectivity index (χ1v) is 9.55. The van der Waals surface area contributed by atoms with Crippen LogP contribution >= 0.6 is 11.8 Å². The molecule has 0 spiro atoms. The number of nitrogens with zero attached hydrogens (tertiary/aromatic N) is 4. The number of carbonyl (C=O) groups excluding carboxylic acids is 2. The maximum absolute atomic E-state index is 12.4. The summed E-state index contributed by atoms with van der Waals surface area (Å²) in [6.07, 6.45) is 3.55. The number of aromatic amines is 1. The summed E-state index contributed by atoms with van der Waals surface area (Å²) in [6.45, 7) is 4.26. The number of nitrogens with one attached hydrogen (secondary N) is 1. The molecule has 1 aromatic heterocycles. The number of amides is 2. The summed E-state index contributed by atoms with van der Waals surface area (Å²) in [4.78, 5) is 32.5. The molecule has 0 saturated carbocycles. The van der Waals surface area contributed by atoms with E-state index in [2.05, 4.69) is 20.1 Å². The Balaban J connectivity index is 1.49. The molecule has 0 unspecified atom stereocenters. The van der Waals surface area contributed by atoms with Gasteiger partial charge in [0.25, 0.3) is 5.91 Å². The zero-order chi connectivity index (χ0) is 18.8. The number of hydrogen-bond donors (Lipinski definition) is 1. The molecule has 1 fully saturated rings. The lowest BCUT2D eigenvalue weighted by Crippen LogP contribution is -2.49. The average Bonchev–Trinajstić information content (AvgIpc) is 3.30. The molecule has 138 valence electrons. The van der Waals surface area contributed by atoms with Crippen molar-refractivity contribution in [1.82, 2.24) is 20.0 Å². The lowest BCUT2D eigenvalue weighted by atomic mass is 10.1. The fourth-order valence-corrected chi connectivity index (χ4v) is 4.08. The van der Waals surface area contributed by atoms with Crippen LogP contribution in [-0.2, 0) is 9.59 Å². The van der Waals surface area contributed by atoms with Gasteiger partial charge in [0.2, 0.25) is 5.91 Å². The van der Waals surface area contributed by atoms with Crippen molar-refractivity contribution in [2.24, 2.45) is 4.99 Å². The van der Waals surface area contributed by atoms with E-state index >= 15 is 0 Å². The fraction of sp³-hybridized carbons (Fsp3) is 0.263. The molecular weight excluding hydrogens is 362 g/mol. The van der Waals surface area contributed by atoms with Crippen molar-refractivity contribution in [2.45, 2.75) is 6.92 Å². The van der Waals surface area contributed by atoms with Gasteiger partial charge < -0.3 is 9.80 Å². The Morgan fingerprint density at radius 2 is 1.93 bits per heavy atom. The molecule has 27 heavy (non-hydrogen) atoms. The second-order valence-corrected chi connectivity index (χ2v) is 7.38. The van der Waals surface area contributed by atoms with Crippen LogP contribution in [0, 0.1) is 0 Å². The van der Waals surface area contributed by atoms with Crippen LogP contribution in [0.2, 0.25) is 0 Å². The van der Waals surface area contributed by atoms with Crippen molar-refractivity contribution in [3.63, 3.8) is 0 Å². The van der Waals surface area contributed by atoms with E-state index in [0.29, 0.717) is 36.3 Å². The maximum atomic E-state index is 12.4. The minimum Gasteiger partial charge on any atom is -0.347 e. The molecule has 2 amide bonds. The summed E-state index contributed by atoms with van der Waals surface area (Å²) in [5.41, 5.74) is 2.74. The van der Waals surface area contributed by atoms with Crippen molar-refractivity contribution >= 4 is 34.8 Å². The SMILES string of the molecule is CC(=O)N1CCN(C2=NC(=O)/C(=C/c3cn[nH]c3-c3ccccc3)S2)CC1. The molecule has 7 nitrogen and oxygen atoms in total. The van der Waals surface area contributed by atoms with Crippen LogP contribution in [0.5, 0.6) is 0 Å². The van der Waals surface area contributed by atoms with E-state index in [1.165, 1.54) is 11.8 Å². The molecule has 2 aliphatic heterocycles. The van der Waals surface area contributed by atoms with Crippen LogP contribution in [0.3, 0.4) is 0 Å². The van der Waals surface area contributed by atoms with Crippen LogP contribution in [-0.4, -0.2) is 63.2 Å². The van der Waals surface area contributed by atoms with Crippen LogP contribution in [0.1, 0.15) is 12.5 Å². The van der Waals surface area contributed by atoms with Gasteiger partial charge >= 0.3 is 0 Å². The van der Waals surface area contributed by atoms with E-state index in [-0.39, 0.29) is 11.8 Å². The number of benzene rings is 1. The van der Waals surface area contributed by atoms with Gasteiger partial charge in [-0.2, -0.15) is 10.1 Å². The molecule has 0 atom stereocenters. The van der Waals surface area contributed by atoms with Gasteiger partial charge in [0, 0.05) is 44.2 Å². The van der Waals surface area contributed by atoms with E-state index in [0.717, 1.165) is 16.8 Å². The predicted octanol–water partition coefficient (Wildman–Crippen LogP) is 2.21. The fourth-order valence-electron chi connectivity index (χ4n) is 3.13. The molecule has 0 bridgehead atoms. The molecule has 1 saturated heterocycles. The molecule has 0 radical (unpaired) electrons. The van der Waals surface area contributed by atoms with Crippen molar-refractivity contribution in [1.29, 1.82) is 0 Å². The molecule has 1 N–H and O–H groups in total. The van der Waals surface area contributed by atoms with Crippen LogP contribution < -0.4 is 0 Å². The standard InChI is InChI=1S/C19H19N5O2S/c1-13(25)23-7-9-24(10-8-23)19-21-18(26)16(27-19)11-15-12-20-22-17(15)14-5-3-2-4-6-14/h2-6,11-12H,7-10H2,1H3,(H,20,22)/b16-11-. The summed E-state index contributed by atoms with van der Waals surface area (Å²) in [5, 5.41) is 7.83. The van der Waals surface area contributed by atoms with Crippen LogP contribution in [0.4, 0.5) is 0 Å². The number of aliphatic imine (C=N–C) groups is 1. The zero-order valence-corrected chi connectivity index (χ0v) is 15.7. The Morgan fingerprint density at radius 1 is 1.19 bits per heavy atom. The van der Waals surface area contributed by atoms with Gasteiger partial charge in [-0.15, -0.1) is 0 Å². The minimum atomic E-state index is -0.232. The molecule has 2 aliphatic rings.